The maximum atomic E-state index is 11.8. The lowest BCUT2D eigenvalue weighted by atomic mass is 10.2. The highest BCUT2D eigenvalue weighted by molar-refractivity contribution is 7.92. The predicted molar refractivity (Wildman–Crippen MR) is 78.3 cm³/mol. The Morgan fingerprint density at radius 2 is 2.11 bits per heavy atom. The summed E-state index contributed by atoms with van der Waals surface area (Å²) in [6.45, 7) is 1.82. The molecular weight excluding hydrogens is 286 g/mol. The lowest BCUT2D eigenvalue weighted by molar-refractivity contribution is 0.279. The lowest BCUT2D eigenvalue weighted by Crippen LogP contribution is -2.31. The van der Waals surface area contributed by atoms with Crippen molar-refractivity contribution in [2.24, 2.45) is 0 Å². The molecule has 1 rings (SSSR count). The summed E-state index contributed by atoms with van der Waals surface area (Å²) >= 11 is 5.93. The van der Waals surface area contributed by atoms with Gasteiger partial charge in [0.1, 0.15) is 0 Å². The Labute approximate surface area is 119 Å². The molecule has 0 radical (unpaired) electrons. The van der Waals surface area contributed by atoms with E-state index in [-0.39, 0.29) is 12.6 Å². The van der Waals surface area contributed by atoms with Gasteiger partial charge in [-0.1, -0.05) is 29.8 Å². The third-order valence-electron chi connectivity index (χ3n) is 2.49. The highest BCUT2D eigenvalue weighted by Crippen LogP contribution is 2.16. The molecule has 1 atom stereocenters. The summed E-state index contributed by atoms with van der Waals surface area (Å²) in [5.41, 5.74) is 0.651. The molecule has 6 heteroatoms. The van der Waals surface area contributed by atoms with E-state index < -0.39 is 10.0 Å². The summed E-state index contributed by atoms with van der Waals surface area (Å²) in [6, 6.07) is 6.79. The van der Waals surface area contributed by atoms with Crippen LogP contribution in [-0.4, -0.2) is 26.2 Å². The molecule has 0 aliphatic carbocycles. The third-order valence-corrected chi connectivity index (χ3v) is 4.06. The minimum atomic E-state index is -3.50. The van der Waals surface area contributed by atoms with E-state index in [1.165, 1.54) is 6.08 Å². The minimum absolute atomic E-state index is 0.0571. The van der Waals surface area contributed by atoms with Crippen molar-refractivity contribution in [3.63, 3.8) is 0 Å². The van der Waals surface area contributed by atoms with Gasteiger partial charge in [0.15, 0.2) is 0 Å². The molecule has 4 nitrogen and oxygen atoms in total. The van der Waals surface area contributed by atoms with Crippen LogP contribution in [-0.2, 0) is 10.0 Å². The van der Waals surface area contributed by atoms with E-state index in [0.29, 0.717) is 23.4 Å². The molecular formula is C13H18ClNO3S. The molecule has 0 heterocycles. The van der Waals surface area contributed by atoms with E-state index >= 15 is 0 Å². The number of sulfonamides is 1. The van der Waals surface area contributed by atoms with Gasteiger partial charge in [-0.15, -0.1) is 0 Å². The highest BCUT2D eigenvalue weighted by Gasteiger charge is 2.10. The first-order valence-electron chi connectivity index (χ1n) is 6.00. The monoisotopic (exact) mass is 303 g/mol. The van der Waals surface area contributed by atoms with Gasteiger partial charge in [0, 0.05) is 23.1 Å². The Bertz CT molecular complexity index is 528. The molecule has 2 N–H and O–H groups in total. The van der Waals surface area contributed by atoms with Gasteiger partial charge in [0.25, 0.3) is 0 Å². The van der Waals surface area contributed by atoms with Crippen LogP contribution in [0.4, 0.5) is 0 Å². The zero-order valence-corrected chi connectivity index (χ0v) is 12.3. The molecule has 1 aromatic carbocycles. The Morgan fingerprint density at radius 3 is 2.74 bits per heavy atom. The first-order chi connectivity index (χ1) is 8.94. The van der Waals surface area contributed by atoms with Crippen molar-refractivity contribution in [1.82, 2.24) is 4.72 Å². The topological polar surface area (TPSA) is 66.4 Å². The van der Waals surface area contributed by atoms with Gasteiger partial charge in [0.2, 0.25) is 10.0 Å². The molecule has 106 valence electrons. The number of aliphatic hydroxyl groups excluding tert-OH is 1. The lowest BCUT2D eigenvalue weighted by Gasteiger charge is -2.11. The van der Waals surface area contributed by atoms with Crippen LogP contribution >= 0.6 is 11.6 Å². The predicted octanol–water partition coefficient (Wildman–Crippen LogP) is 2.39. The molecule has 0 saturated heterocycles. The summed E-state index contributed by atoms with van der Waals surface area (Å²) in [7, 11) is -3.50. The van der Waals surface area contributed by atoms with Gasteiger partial charge in [-0.2, -0.15) is 0 Å². The van der Waals surface area contributed by atoms with Gasteiger partial charge in [-0.05, 0) is 37.5 Å². The molecule has 0 bridgehead atoms. The summed E-state index contributed by atoms with van der Waals surface area (Å²) in [5.74, 6) is 0. The fourth-order valence-electron chi connectivity index (χ4n) is 1.55. The van der Waals surface area contributed by atoms with E-state index in [4.69, 9.17) is 16.7 Å². The van der Waals surface area contributed by atoms with E-state index in [9.17, 15) is 8.42 Å². The molecule has 0 aromatic heterocycles. The van der Waals surface area contributed by atoms with Gasteiger partial charge < -0.3 is 5.11 Å². The van der Waals surface area contributed by atoms with Crippen molar-refractivity contribution in [2.45, 2.75) is 25.8 Å². The number of aliphatic hydroxyl groups is 1. The van der Waals surface area contributed by atoms with E-state index in [0.717, 1.165) is 5.41 Å². The van der Waals surface area contributed by atoms with Crippen molar-refractivity contribution in [2.75, 3.05) is 6.61 Å². The first-order valence-corrected chi connectivity index (χ1v) is 7.93. The zero-order chi connectivity index (χ0) is 14.3. The molecule has 0 amide bonds. The number of rotatable bonds is 7. The summed E-state index contributed by atoms with van der Waals surface area (Å²) in [5, 5.41) is 10.3. The standard InChI is InChI=1S/C13H18ClNO3S/c1-11(5-4-9-16)15-19(17,18)10-8-12-6-2-3-7-13(12)14/h2-3,6-8,10-11,15-16H,4-5,9H2,1H3/b10-8+. The summed E-state index contributed by atoms with van der Waals surface area (Å²) < 4.78 is 26.1. The van der Waals surface area contributed by atoms with Crippen LogP contribution in [0.2, 0.25) is 5.02 Å². The van der Waals surface area contributed by atoms with Crippen LogP contribution in [0.3, 0.4) is 0 Å². The third kappa shape index (κ3) is 6.20. The number of hydrogen-bond donors (Lipinski definition) is 2. The number of halogens is 1. The van der Waals surface area contributed by atoms with Crippen LogP contribution in [0, 0.1) is 0 Å². The second kappa shape index (κ2) is 7.65. The van der Waals surface area contributed by atoms with Crippen LogP contribution in [0.15, 0.2) is 29.7 Å². The molecule has 0 aliphatic rings. The smallest absolute Gasteiger partial charge is 0.233 e. The van der Waals surface area contributed by atoms with Gasteiger partial charge in [-0.25, -0.2) is 13.1 Å². The molecule has 1 aromatic rings. The Kier molecular flexibility index (Phi) is 6.51. The SMILES string of the molecule is CC(CCCO)NS(=O)(=O)/C=C/c1ccccc1Cl. The van der Waals surface area contributed by atoms with Crippen LogP contribution in [0.5, 0.6) is 0 Å². The van der Waals surface area contributed by atoms with Crippen molar-refractivity contribution in [1.29, 1.82) is 0 Å². The molecule has 0 saturated carbocycles. The van der Waals surface area contributed by atoms with Gasteiger partial charge in [-0.3, -0.25) is 0 Å². The Balaban J connectivity index is 2.67. The molecule has 0 fully saturated rings. The Morgan fingerprint density at radius 1 is 1.42 bits per heavy atom. The largest absolute Gasteiger partial charge is 0.396 e. The molecule has 19 heavy (non-hydrogen) atoms. The van der Waals surface area contributed by atoms with Crippen molar-refractivity contribution < 1.29 is 13.5 Å². The minimum Gasteiger partial charge on any atom is -0.396 e. The van der Waals surface area contributed by atoms with E-state index in [1.54, 1.807) is 31.2 Å². The number of benzene rings is 1. The van der Waals surface area contributed by atoms with Crippen LogP contribution in [0.1, 0.15) is 25.3 Å². The van der Waals surface area contributed by atoms with Crippen LogP contribution in [0.25, 0.3) is 6.08 Å². The van der Waals surface area contributed by atoms with Crippen molar-refractivity contribution in [3.05, 3.63) is 40.3 Å². The normalized spacial score (nSPS) is 13.8. The molecule has 1 unspecified atom stereocenters. The second-order valence-electron chi connectivity index (χ2n) is 4.25. The maximum absolute atomic E-state index is 11.8. The van der Waals surface area contributed by atoms with Crippen molar-refractivity contribution in [3.8, 4) is 0 Å². The zero-order valence-electron chi connectivity index (χ0n) is 10.7. The van der Waals surface area contributed by atoms with Crippen molar-refractivity contribution >= 4 is 27.7 Å². The van der Waals surface area contributed by atoms with Crippen LogP contribution < -0.4 is 4.72 Å². The number of hydrogen-bond acceptors (Lipinski definition) is 3. The second-order valence-corrected chi connectivity index (χ2v) is 6.26. The first kappa shape index (κ1) is 16.2. The highest BCUT2D eigenvalue weighted by atomic mass is 35.5. The van der Waals surface area contributed by atoms with E-state index in [2.05, 4.69) is 4.72 Å². The Hall–Kier alpha value is -0.880. The quantitative estimate of drug-likeness (QED) is 0.813. The maximum Gasteiger partial charge on any atom is 0.233 e. The average Bonchev–Trinajstić information content (AvgIpc) is 2.35. The summed E-state index contributed by atoms with van der Waals surface area (Å²) in [4.78, 5) is 0. The van der Waals surface area contributed by atoms with Gasteiger partial charge in [0.05, 0.1) is 0 Å². The average molecular weight is 304 g/mol. The van der Waals surface area contributed by atoms with E-state index in [1.807, 2.05) is 0 Å². The van der Waals surface area contributed by atoms with Gasteiger partial charge >= 0.3 is 0 Å². The fourth-order valence-corrected chi connectivity index (χ4v) is 2.83. The molecule has 0 spiro atoms. The molecule has 0 aliphatic heterocycles. The number of nitrogens with one attached hydrogen (secondary N) is 1. The summed E-state index contributed by atoms with van der Waals surface area (Å²) in [6.07, 6.45) is 2.62. The fraction of sp³-hybridized carbons (Fsp3) is 0.385.